The van der Waals surface area contributed by atoms with Crippen LogP contribution in [0.3, 0.4) is 0 Å². The summed E-state index contributed by atoms with van der Waals surface area (Å²) in [4.78, 5) is 11.2. The van der Waals surface area contributed by atoms with Gasteiger partial charge in [-0.15, -0.1) is 0 Å². The standard InChI is InChI=1S/C13H26N2O/c1-3-4-6-10(2)15-12-8-5-7-11(9-12)13(14)16/h10-12,15H,3-9H2,1-2H3,(H2,14,16). The highest BCUT2D eigenvalue weighted by Crippen LogP contribution is 2.24. The van der Waals surface area contributed by atoms with Gasteiger partial charge in [0.05, 0.1) is 0 Å². The van der Waals surface area contributed by atoms with Crippen molar-refractivity contribution in [3.8, 4) is 0 Å². The van der Waals surface area contributed by atoms with Gasteiger partial charge in [-0.3, -0.25) is 4.79 Å². The molecule has 1 aliphatic rings. The number of rotatable bonds is 6. The minimum atomic E-state index is -0.118. The third kappa shape index (κ3) is 4.52. The van der Waals surface area contributed by atoms with Crippen molar-refractivity contribution in [2.45, 2.75) is 70.9 Å². The zero-order valence-corrected chi connectivity index (χ0v) is 10.7. The van der Waals surface area contributed by atoms with E-state index in [0.717, 1.165) is 19.3 Å². The van der Waals surface area contributed by atoms with Crippen molar-refractivity contribution in [1.82, 2.24) is 5.32 Å². The molecule has 0 aromatic rings. The van der Waals surface area contributed by atoms with Gasteiger partial charge < -0.3 is 11.1 Å². The SMILES string of the molecule is CCCCC(C)NC1CCCC(C(N)=O)C1. The molecule has 0 bridgehead atoms. The van der Waals surface area contributed by atoms with Gasteiger partial charge in [-0.05, 0) is 32.6 Å². The predicted molar refractivity (Wildman–Crippen MR) is 67.1 cm³/mol. The summed E-state index contributed by atoms with van der Waals surface area (Å²) in [7, 11) is 0. The lowest BCUT2D eigenvalue weighted by Gasteiger charge is -2.30. The molecule has 0 radical (unpaired) electrons. The minimum Gasteiger partial charge on any atom is -0.369 e. The van der Waals surface area contributed by atoms with Crippen LogP contribution < -0.4 is 11.1 Å². The van der Waals surface area contributed by atoms with E-state index in [2.05, 4.69) is 19.2 Å². The molecule has 16 heavy (non-hydrogen) atoms. The van der Waals surface area contributed by atoms with Crippen molar-refractivity contribution in [3.63, 3.8) is 0 Å². The van der Waals surface area contributed by atoms with Crippen LogP contribution in [0.25, 0.3) is 0 Å². The molecule has 1 fully saturated rings. The fraction of sp³-hybridized carbons (Fsp3) is 0.923. The van der Waals surface area contributed by atoms with E-state index in [9.17, 15) is 4.79 Å². The van der Waals surface area contributed by atoms with Gasteiger partial charge in [-0.25, -0.2) is 0 Å². The Hall–Kier alpha value is -0.570. The van der Waals surface area contributed by atoms with Crippen molar-refractivity contribution in [2.24, 2.45) is 11.7 Å². The highest BCUT2D eigenvalue weighted by molar-refractivity contribution is 5.76. The number of amides is 1. The Morgan fingerprint density at radius 2 is 2.25 bits per heavy atom. The molecule has 0 aromatic heterocycles. The van der Waals surface area contributed by atoms with Crippen LogP contribution in [0.15, 0.2) is 0 Å². The smallest absolute Gasteiger partial charge is 0.220 e. The first-order chi connectivity index (χ1) is 7.63. The van der Waals surface area contributed by atoms with Gasteiger partial charge in [0.25, 0.3) is 0 Å². The van der Waals surface area contributed by atoms with Gasteiger partial charge in [0, 0.05) is 18.0 Å². The third-order valence-corrected chi connectivity index (χ3v) is 3.59. The Bertz CT molecular complexity index is 218. The quantitative estimate of drug-likeness (QED) is 0.729. The van der Waals surface area contributed by atoms with Crippen LogP contribution in [0, 0.1) is 5.92 Å². The van der Waals surface area contributed by atoms with E-state index in [-0.39, 0.29) is 11.8 Å². The Balaban J connectivity index is 2.28. The zero-order chi connectivity index (χ0) is 12.0. The number of carbonyl (C=O) groups is 1. The molecular weight excluding hydrogens is 200 g/mol. The summed E-state index contributed by atoms with van der Waals surface area (Å²) in [6, 6.07) is 1.06. The third-order valence-electron chi connectivity index (χ3n) is 3.59. The summed E-state index contributed by atoms with van der Waals surface area (Å²) >= 11 is 0. The van der Waals surface area contributed by atoms with E-state index < -0.39 is 0 Å². The molecule has 0 saturated heterocycles. The highest BCUT2D eigenvalue weighted by atomic mass is 16.1. The van der Waals surface area contributed by atoms with Crippen molar-refractivity contribution in [2.75, 3.05) is 0 Å². The van der Waals surface area contributed by atoms with Crippen molar-refractivity contribution >= 4 is 5.91 Å². The van der Waals surface area contributed by atoms with Crippen LogP contribution in [0.1, 0.15) is 58.8 Å². The molecule has 1 rings (SSSR count). The second-order valence-corrected chi connectivity index (χ2v) is 5.17. The molecule has 94 valence electrons. The summed E-state index contributed by atoms with van der Waals surface area (Å²) in [5.74, 6) is -0.0164. The van der Waals surface area contributed by atoms with Crippen LogP contribution >= 0.6 is 0 Å². The molecule has 1 amide bonds. The number of primary amides is 1. The molecule has 0 aliphatic heterocycles. The molecule has 0 spiro atoms. The summed E-state index contributed by atoms with van der Waals surface area (Å²) in [6.45, 7) is 4.46. The van der Waals surface area contributed by atoms with Crippen molar-refractivity contribution < 1.29 is 4.79 Å². The molecule has 3 N–H and O–H groups in total. The molecule has 3 heteroatoms. The maximum absolute atomic E-state index is 11.2. The zero-order valence-electron chi connectivity index (χ0n) is 10.7. The summed E-state index contributed by atoms with van der Waals surface area (Å²) < 4.78 is 0. The minimum absolute atomic E-state index is 0.102. The largest absolute Gasteiger partial charge is 0.369 e. The van der Waals surface area contributed by atoms with E-state index in [4.69, 9.17) is 5.73 Å². The maximum atomic E-state index is 11.2. The van der Waals surface area contributed by atoms with Crippen molar-refractivity contribution in [1.29, 1.82) is 0 Å². The summed E-state index contributed by atoms with van der Waals surface area (Å²) in [5, 5.41) is 3.63. The first-order valence-corrected chi connectivity index (χ1v) is 6.68. The predicted octanol–water partition coefficient (Wildman–Crippen LogP) is 2.20. The van der Waals surface area contributed by atoms with E-state index in [1.165, 1.54) is 25.7 Å². The number of nitrogens with one attached hydrogen (secondary N) is 1. The van der Waals surface area contributed by atoms with Gasteiger partial charge in [0.15, 0.2) is 0 Å². The van der Waals surface area contributed by atoms with Crippen molar-refractivity contribution in [3.05, 3.63) is 0 Å². The van der Waals surface area contributed by atoms with Gasteiger partial charge in [0.2, 0.25) is 5.91 Å². The van der Waals surface area contributed by atoms with Crippen LogP contribution in [-0.4, -0.2) is 18.0 Å². The number of nitrogens with two attached hydrogens (primary N) is 1. The Morgan fingerprint density at radius 1 is 1.50 bits per heavy atom. The van der Waals surface area contributed by atoms with Crippen LogP contribution in [0.5, 0.6) is 0 Å². The second-order valence-electron chi connectivity index (χ2n) is 5.17. The van der Waals surface area contributed by atoms with Gasteiger partial charge in [-0.1, -0.05) is 26.2 Å². The topological polar surface area (TPSA) is 55.1 Å². The maximum Gasteiger partial charge on any atom is 0.220 e. The summed E-state index contributed by atoms with van der Waals surface area (Å²) in [5.41, 5.74) is 5.37. The molecule has 0 aromatic carbocycles. The molecule has 3 nitrogen and oxygen atoms in total. The van der Waals surface area contributed by atoms with Crippen LogP contribution in [0.2, 0.25) is 0 Å². The van der Waals surface area contributed by atoms with E-state index in [1.54, 1.807) is 0 Å². The van der Waals surface area contributed by atoms with Crippen LogP contribution in [0.4, 0.5) is 0 Å². The molecular formula is C13H26N2O. The van der Waals surface area contributed by atoms with E-state index in [0.29, 0.717) is 12.1 Å². The normalized spacial score (nSPS) is 27.6. The lowest BCUT2D eigenvalue weighted by Crippen LogP contribution is -2.42. The Morgan fingerprint density at radius 3 is 2.88 bits per heavy atom. The molecule has 1 aliphatic carbocycles. The Kier molecular flexibility index (Phi) is 5.81. The average Bonchev–Trinajstić information content (AvgIpc) is 2.26. The second kappa shape index (κ2) is 6.89. The number of unbranched alkanes of at least 4 members (excludes halogenated alkanes) is 1. The van der Waals surface area contributed by atoms with E-state index in [1.807, 2.05) is 0 Å². The summed E-state index contributed by atoms with van der Waals surface area (Å²) in [6.07, 6.45) is 8.00. The number of hydrogen-bond donors (Lipinski definition) is 2. The lowest BCUT2D eigenvalue weighted by atomic mass is 9.85. The molecule has 0 heterocycles. The first kappa shape index (κ1) is 13.5. The van der Waals surface area contributed by atoms with Gasteiger partial charge in [0.1, 0.15) is 0 Å². The molecule has 1 saturated carbocycles. The molecule has 3 unspecified atom stereocenters. The Labute approximate surface area is 99.2 Å². The lowest BCUT2D eigenvalue weighted by molar-refractivity contribution is -0.122. The molecule has 3 atom stereocenters. The van der Waals surface area contributed by atoms with Crippen LogP contribution in [-0.2, 0) is 4.79 Å². The van der Waals surface area contributed by atoms with Gasteiger partial charge in [-0.2, -0.15) is 0 Å². The number of hydrogen-bond acceptors (Lipinski definition) is 2. The first-order valence-electron chi connectivity index (χ1n) is 6.68. The fourth-order valence-electron chi connectivity index (χ4n) is 2.60. The van der Waals surface area contributed by atoms with E-state index >= 15 is 0 Å². The fourth-order valence-corrected chi connectivity index (χ4v) is 2.60. The monoisotopic (exact) mass is 226 g/mol. The number of carbonyl (C=O) groups excluding carboxylic acids is 1. The van der Waals surface area contributed by atoms with Gasteiger partial charge >= 0.3 is 0 Å². The highest BCUT2D eigenvalue weighted by Gasteiger charge is 2.25. The average molecular weight is 226 g/mol.